The number of hydrogen-bond donors (Lipinski definition) is 0. The van der Waals surface area contributed by atoms with Crippen molar-refractivity contribution in [3.8, 4) is 5.75 Å². The molecule has 5 nitrogen and oxygen atoms in total. The van der Waals surface area contributed by atoms with E-state index in [0.717, 1.165) is 4.47 Å². The lowest BCUT2D eigenvalue weighted by Crippen LogP contribution is -1.93. The number of ether oxygens (including phenoxy) is 1. The summed E-state index contributed by atoms with van der Waals surface area (Å²) in [6, 6.07) is 10.1. The maximum Gasteiger partial charge on any atom is 0.433 e. The van der Waals surface area contributed by atoms with Crippen molar-refractivity contribution in [3.63, 3.8) is 0 Å². The van der Waals surface area contributed by atoms with Crippen LogP contribution in [0.3, 0.4) is 0 Å². The fraction of sp³-hybridized carbons (Fsp3) is 0.0909. The van der Waals surface area contributed by atoms with Gasteiger partial charge in [0.2, 0.25) is 0 Å². The van der Waals surface area contributed by atoms with Crippen LogP contribution in [0.2, 0.25) is 0 Å². The molecule has 0 saturated carbocycles. The van der Waals surface area contributed by atoms with E-state index >= 15 is 0 Å². The average molecular weight is 298 g/mol. The van der Waals surface area contributed by atoms with Crippen LogP contribution in [0.4, 0.5) is 5.88 Å². The van der Waals surface area contributed by atoms with Crippen LogP contribution in [0, 0.1) is 10.1 Å². The number of rotatable bonds is 4. The second-order valence-corrected chi connectivity index (χ2v) is 4.16. The van der Waals surface area contributed by atoms with E-state index in [-0.39, 0.29) is 12.5 Å². The molecular formula is C11H8BrNO4. The molecule has 2 rings (SSSR count). The lowest BCUT2D eigenvalue weighted by molar-refractivity contribution is -0.402. The van der Waals surface area contributed by atoms with Crippen LogP contribution in [0.15, 0.2) is 45.3 Å². The van der Waals surface area contributed by atoms with Gasteiger partial charge >= 0.3 is 5.88 Å². The summed E-state index contributed by atoms with van der Waals surface area (Å²) in [6.07, 6.45) is 0. The zero-order valence-corrected chi connectivity index (χ0v) is 10.2. The van der Waals surface area contributed by atoms with Crippen molar-refractivity contribution in [2.45, 2.75) is 6.61 Å². The van der Waals surface area contributed by atoms with Crippen molar-refractivity contribution in [2.75, 3.05) is 0 Å². The van der Waals surface area contributed by atoms with Gasteiger partial charge in [0.15, 0.2) is 0 Å². The molecule has 0 atom stereocenters. The highest BCUT2D eigenvalue weighted by molar-refractivity contribution is 9.10. The van der Waals surface area contributed by atoms with Crippen molar-refractivity contribution in [2.24, 2.45) is 0 Å². The molecule has 17 heavy (non-hydrogen) atoms. The average Bonchev–Trinajstić information content (AvgIpc) is 2.77. The molecule has 1 aromatic heterocycles. The van der Waals surface area contributed by atoms with Crippen LogP contribution >= 0.6 is 15.9 Å². The Hall–Kier alpha value is -1.82. The molecule has 2 aromatic rings. The van der Waals surface area contributed by atoms with Gasteiger partial charge < -0.3 is 9.15 Å². The van der Waals surface area contributed by atoms with E-state index in [0.29, 0.717) is 11.5 Å². The molecule has 6 heteroatoms. The first-order chi connectivity index (χ1) is 8.15. The van der Waals surface area contributed by atoms with Gasteiger partial charge in [-0.05, 0) is 30.3 Å². The molecule has 0 N–H and O–H groups in total. The van der Waals surface area contributed by atoms with Gasteiger partial charge in [0.05, 0.1) is 6.07 Å². The summed E-state index contributed by atoms with van der Waals surface area (Å²) in [7, 11) is 0. The van der Waals surface area contributed by atoms with Gasteiger partial charge in [-0.15, -0.1) is 0 Å². The summed E-state index contributed by atoms with van der Waals surface area (Å²) < 4.78 is 11.3. The second kappa shape index (κ2) is 5.01. The summed E-state index contributed by atoms with van der Waals surface area (Å²) in [4.78, 5) is 9.81. The Bertz CT molecular complexity index is 521. The SMILES string of the molecule is O=[N+]([O-])c1ccc(COc2ccc(Br)cc2)o1. The van der Waals surface area contributed by atoms with Gasteiger partial charge in [0.25, 0.3) is 0 Å². The maximum atomic E-state index is 10.4. The van der Waals surface area contributed by atoms with Crippen molar-refractivity contribution in [1.82, 2.24) is 0 Å². The summed E-state index contributed by atoms with van der Waals surface area (Å²) >= 11 is 3.31. The van der Waals surface area contributed by atoms with Gasteiger partial charge in [-0.25, -0.2) is 0 Å². The Balaban J connectivity index is 1.97. The summed E-state index contributed by atoms with van der Waals surface area (Å²) in [5.74, 6) is 0.811. The quantitative estimate of drug-likeness (QED) is 0.639. The van der Waals surface area contributed by atoms with E-state index in [9.17, 15) is 10.1 Å². The van der Waals surface area contributed by atoms with E-state index < -0.39 is 4.92 Å². The molecule has 0 aliphatic rings. The van der Waals surface area contributed by atoms with Gasteiger partial charge in [0, 0.05) is 4.47 Å². The van der Waals surface area contributed by atoms with Crippen LogP contribution in [-0.4, -0.2) is 4.92 Å². The highest BCUT2D eigenvalue weighted by Crippen LogP contribution is 2.20. The molecular weight excluding hydrogens is 290 g/mol. The lowest BCUT2D eigenvalue weighted by Gasteiger charge is -2.03. The molecule has 0 aliphatic heterocycles. The molecule has 1 heterocycles. The van der Waals surface area contributed by atoms with E-state index in [2.05, 4.69) is 15.9 Å². The van der Waals surface area contributed by atoms with Crippen LogP contribution < -0.4 is 4.74 Å². The van der Waals surface area contributed by atoms with E-state index in [4.69, 9.17) is 9.15 Å². The lowest BCUT2D eigenvalue weighted by atomic mass is 10.3. The fourth-order valence-corrected chi connectivity index (χ4v) is 1.49. The highest BCUT2D eigenvalue weighted by Gasteiger charge is 2.11. The third-order valence-electron chi connectivity index (χ3n) is 2.02. The minimum absolute atomic E-state index is 0.162. The molecule has 0 spiro atoms. The zero-order chi connectivity index (χ0) is 12.3. The third-order valence-corrected chi connectivity index (χ3v) is 2.55. The molecule has 0 bridgehead atoms. The van der Waals surface area contributed by atoms with E-state index in [1.807, 2.05) is 12.1 Å². The number of furan rings is 1. The molecule has 0 unspecified atom stereocenters. The van der Waals surface area contributed by atoms with Gasteiger partial charge in [-0.3, -0.25) is 10.1 Å². The number of halogens is 1. The second-order valence-electron chi connectivity index (χ2n) is 3.24. The van der Waals surface area contributed by atoms with Gasteiger partial charge in [0.1, 0.15) is 23.0 Å². The monoisotopic (exact) mass is 297 g/mol. The van der Waals surface area contributed by atoms with E-state index in [1.165, 1.54) is 12.1 Å². The number of nitrogens with zero attached hydrogens (tertiary/aromatic N) is 1. The minimum atomic E-state index is -0.580. The summed E-state index contributed by atoms with van der Waals surface area (Å²) in [5, 5.41) is 10.4. The predicted octanol–water partition coefficient (Wildman–Crippen LogP) is 3.53. The Morgan fingerprint density at radius 2 is 1.94 bits per heavy atom. The Kier molecular flexibility index (Phi) is 3.43. The fourth-order valence-electron chi connectivity index (χ4n) is 1.23. The standard InChI is InChI=1S/C11H8BrNO4/c12-8-1-3-9(4-2-8)16-7-10-5-6-11(17-10)13(14)15/h1-6H,7H2. The van der Waals surface area contributed by atoms with Crippen LogP contribution in [0.1, 0.15) is 5.76 Å². The highest BCUT2D eigenvalue weighted by atomic mass is 79.9. The van der Waals surface area contributed by atoms with Crippen LogP contribution in [0.5, 0.6) is 5.75 Å². The summed E-state index contributed by atoms with van der Waals surface area (Å²) in [6.45, 7) is 0.162. The zero-order valence-electron chi connectivity index (χ0n) is 8.63. The molecule has 0 amide bonds. The molecule has 0 saturated heterocycles. The number of nitro groups is 1. The van der Waals surface area contributed by atoms with Crippen molar-refractivity contribution in [3.05, 3.63) is 56.7 Å². The molecule has 0 fully saturated rings. The Morgan fingerprint density at radius 3 is 2.53 bits per heavy atom. The van der Waals surface area contributed by atoms with E-state index in [1.54, 1.807) is 12.1 Å². The number of benzene rings is 1. The first kappa shape index (κ1) is 11.7. The maximum absolute atomic E-state index is 10.4. The predicted molar refractivity (Wildman–Crippen MR) is 63.8 cm³/mol. The smallest absolute Gasteiger partial charge is 0.433 e. The van der Waals surface area contributed by atoms with Gasteiger partial charge in [-0.2, -0.15) is 0 Å². The largest absolute Gasteiger partial charge is 0.486 e. The van der Waals surface area contributed by atoms with Crippen molar-refractivity contribution in [1.29, 1.82) is 0 Å². The van der Waals surface area contributed by atoms with Gasteiger partial charge in [-0.1, -0.05) is 15.9 Å². The Labute approximate surface area is 105 Å². The topological polar surface area (TPSA) is 65.5 Å². The number of hydrogen-bond acceptors (Lipinski definition) is 4. The molecule has 88 valence electrons. The normalized spacial score (nSPS) is 10.2. The first-order valence-electron chi connectivity index (χ1n) is 4.76. The summed E-state index contributed by atoms with van der Waals surface area (Å²) in [5.41, 5.74) is 0. The Morgan fingerprint density at radius 1 is 1.24 bits per heavy atom. The van der Waals surface area contributed by atoms with Crippen molar-refractivity contribution >= 4 is 21.8 Å². The minimum Gasteiger partial charge on any atom is -0.486 e. The third kappa shape index (κ3) is 3.07. The molecule has 1 aromatic carbocycles. The van der Waals surface area contributed by atoms with Crippen molar-refractivity contribution < 1.29 is 14.1 Å². The van der Waals surface area contributed by atoms with Crippen LogP contribution in [0.25, 0.3) is 0 Å². The molecule has 0 aliphatic carbocycles. The molecule has 0 radical (unpaired) electrons. The first-order valence-corrected chi connectivity index (χ1v) is 5.56. The van der Waals surface area contributed by atoms with Crippen LogP contribution in [-0.2, 0) is 6.61 Å².